The summed E-state index contributed by atoms with van der Waals surface area (Å²) in [6.07, 6.45) is 1.67. The fourth-order valence-corrected chi connectivity index (χ4v) is 4.17. The van der Waals surface area contributed by atoms with Crippen LogP contribution in [0, 0.1) is 5.82 Å². The Morgan fingerprint density at radius 2 is 1.86 bits per heavy atom. The highest BCUT2D eigenvalue weighted by molar-refractivity contribution is 6.10. The number of benzene rings is 2. The number of halogens is 1. The summed E-state index contributed by atoms with van der Waals surface area (Å²) in [5.74, 6) is -1.57. The summed E-state index contributed by atoms with van der Waals surface area (Å²) in [5.41, 5.74) is 0.395. The number of hydrogen-bond acceptors (Lipinski definition) is 3. The Morgan fingerprint density at radius 1 is 1.17 bits per heavy atom. The number of carbonyl (C=O) groups excluding carboxylic acids is 3. The predicted molar refractivity (Wildman–Crippen MR) is 106 cm³/mol. The molecule has 2 atom stereocenters. The minimum absolute atomic E-state index is 0.0453. The van der Waals surface area contributed by atoms with Gasteiger partial charge in [0.15, 0.2) is 0 Å². The number of urea groups is 1. The Balaban J connectivity index is 1.60. The van der Waals surface area contributed by atoms with E-state index in [1.54, 1.807) is 11.0 Å². The Morgan fingerprint density at radius 3 is 2.62 bits per heavy atom. The number of amides is 4. The van der Waals surface area contributed by atoms with Crippen LogP contribution < -0.4 is 10.2 Å². The molecule has 4 amide bonds. The largest absolute Gasteiger partial charge is 0.325 e. The van der Waals surface area contributed by atoms with Crippen molar-refractivity contribution in [3.63, 3.8) is 0 Å². The number of rotatable bonds is 3. The molecule has 2 aliphatic heterocycles. The zero-order valence-electron chi connectivity index (χ0n) is 16.3. The predicted octanol–water partition coefficient (Wildman–Crippen LogP) is 2.96. The SMILES string of the molecule is CC1CCc2ccccc2N1C(=O)CN1C(=O)NC(C)(c2ccccc2F)C1=O. The lowest BCUT2D eigenvalue weighted by Crippen LogP contribution is -2.49. The number of anilines is 1. The van der Waals surface area contributed by atoms with Crippen LogP contribution in [0.3, 0.4) is 0 Å². The first kappa shape index (κ1) is 19.1. The van der Waals surface area contributed by atoms with Gasteiger partial charge in [0.2, 0.25) is 5.91 Å². The molecule has 2 aliphatic rings. The van der Waals surface area contributed by atoms with Crippen LogP contribution in [0.25, 0.3) is 0 Å². The van der Waals surface area contributed by atoms with Gasteiger partial charge in [-0.15, -0.1) is 0 Å². The summed E-state index contributed by atoms with van der Waals surface area (Å²) in [6, 6.07) is 12.7. The average Bonchev–Trinajstić information content (AvgIpc) is 2.92. The quantitative estimate of drug-likeness (QED) is 0.813. The van der Waals surface area contributed by atoms with E-state index in [-0.39, 0.29) is 17.5 Å². The van der Waals surface area contributed by atoms with Crippen molar-refractivity contribution in [1.82, 2.24) is 10.2 Å². The lowest BCUT2D eigenvalue weighted by atomic mass is 9.91. The number of aryl methyl sites for hydroxylation is 1. The van der Waals surface area contributed by atoms with E-state index in [0.29, 0.717) is 0 Å². The molecule has 150 valence electrons. The summed E-state index contributed by atoms with van der Waals surface area (Å²) >= 11 is 0. The van der Waals surface area contributed by atoms with Gasteiger partial charge in [-0.05, 0) is 44.4 Å². The maximum Gasteiger partial charge on any atom is 0.325 e. The minimum Gasteiger partial charge on any atom is -0.319 e. The van der Waals surface area contributed by atoms with Crippen molar-refractivity contribution >= 4 is 23.5 Å². The van der Waals surface area contributed by atoms with Gasteiger partial charge in [0.1, 0.15) is 17.9 Å². The van der Waals surface area contributed by atoms with Gasteiger partial charge in [-0.2, -0.15) is 0 Å². The molecule has 1 N–H and O–H groups in total. The summed E-state index contributed by atoms with van der Waals surface area (Å²) in [7, 11) is 0. The van der Waals surface area contributed by atoms with Crippen molar-refractivity contribution < 1.29 is 18.8 Å². The topological polar surface area (TPSA) is 69.7 Å². The Kier molecular flexibility index (Phi) is 4.61. The molecule has 2 unspecified atom stereocenters. The third-order valence-corrected chi connectivity index (χ3v) is 5.77. The second-order valence-electron chi connectivity index (χ2n) is 7.71. The molecule has 0 aromatic heterocycles. The van der Waals surface area contributed by atoms with Crippen LogP contribution in [0.5, 0.6) is 0 Å². The molecular weight excluding hydrogens is 373 g/mol. The molecule has 0 bridgehead atoms. The number of imide groups is 1. The molecular formula is C22H22FN3O3. The van der Waals surface area contributed by atoms with Crippen molar-refractivity contribution in [2.75, 3.05) is 11.4 Å². The third kappa shape index (κ3) is 3.06. The monoisotopic (exact) mass is 395 g/mol. The van der Waals surface area contributed by atoms with Crippen molar-refractivity contribution in [1.29, 1.82) is 0 Å². The molecule has 2 aromatic rings. The van der Waals surface area contributed by atoms with Gasteiger partial charge >= 0.3 is 6.03 Å². The normalized spacial score (nSPS) is 23.8. The fourth-order valence-electron chi connectivity index (χ4n) is 4.17. The highest BCUT2D eigenvalue weighted by Crippen LogP contribution is 2.33. The van der Waals surface area contributed by atoms with E-state index in [1.165, 1.54) is 25.1 Å². The van der Waals surface area contributed by atoms with Crippen molar-refractivity contribution in [3.05, 3.63) is 65.5 Å². The van der Waals surface area contributed by atoms with E-state index in [0.717, 1.165) is 29.0 Å². The van der Waals surface area contributed by atoms with Crippen LogP contribution in [0.4, 0.5) is 14.9 Å². The number of nitrogens with zero attached hydrogens (tertiary/aromatic N) is 2. The van der Waals surface area contributed by atoms with Crippen LogP contribution >= 0.6 is 0 Å². The average molecular weight is 395 g/mol. The first-order valence-electron chi connectivity index (χ1n) is 9.62. The molecule has 2 aromatic carbocycles. The second kappa shape index (κ2) is 6.99. The minimum atomic E-state index is -1.55. The first-order valence-corrected chi connectivity index (χ1v) is 9.62. The number of fused-ring (bicyclic) bond motifs is 1. The van der Waals surface area contributed by atoms with Gasteiger partial charge < -0.3 is 10.2 Å². The number of nitrogens with one attached hydrogen (secondary N) is 1. The molecule has 29 heavy (non-hydrogen) atoms. The maximum absolute atomic E-state index is 14.3. The Hall–Kier alpha value is -3.22. The number of carbonyl (C=O) groups is 3. The Labute approximate surface area is 168 Å². The standard InChI is InChI=1S/C22H22FN3O3/c1-14-11-12-15-7-3-6-10-18(15)26(14)19(27)13-25-20(28)22(2,24-21(25)29)16-8-4-5-9-17(16)23/h3-10,14H,11-13H2,1-2H3,(H,24,29). The van der Waals surface area contributed by atoms with E-state index in [1.807, 2.05) is 31.2 Å². The molecule has 1 saturated heterocycles. The zero-order valence-corrected chi connectivity index (χ0v) is 16.3. The molecule has 2 heterocycles. The summed E-state index contributed by atoms with van der Waals surface area (Å²) < 4.78 is 14.3. The molecule has 4 rings (SSSR count). The van der Waals surface area contributed by atoms with Crippen molar-refractivity contribution in [2.24, 2.45) is 0 Å². The van der Waals surface area contributed by atoms with Crippen molar-refractivity contribution in [2.45, 2.75) is 38.3 Å². The van der Waals surface area contributed by atoms with Gasteiger partial charge in [0, 0.05) is 17.3 Å². The second-order valence-corrected chi connectivity index (χ2v) is 7.71. The van der Waals surface area contributed by atoms with Crippen LogP contribution in [0.2, 0.25) is 0 Å². The summed E-state index contributed by atoms with van der Waals surface area (Å²) in [4.78, 5) is 41.2. The van der Waals surface area contributed by atoms with Gasteiger partial charge in [-0.25, -0.2) is 9.18 Å². The van der Waals surface area contributed by atoms with E-state index in [2.05, 4.69) is 5.32 Å². The van der Waals surface area contributed by atoms with E-state index in [9.17, 15) is 18.8 Å². The third-order valence-electron chi connectivity index (χ3n) is 5.77. The maximum atomic E-state index is 14.3. The van der Waals surface area contributed by atoms with E-state index < -0.39 is 29.8 Å². The van der Waals surface area contributed by atoms with Crippen LogP contribution in [-0.4, -0.2) is 35.3 Å². The molecule has 0 radical (unpaired) electrons. The number of hydrogen-bond donors (Lipinski definition) is 1. The molecule has 1 fully saturated rings. The van der Waals surface area contributed by atoms with Crippen molar-refractivity contribution in [3.8, 4) is 0 Å². The fraction of sp³-hybridized carbons (Fsp3) is 0.318. The molecule has 0 aliphatic carbocycles. The van der Waals surface area contributed by atoms with Gasteiger partial charge in [-0.3, -0.25) is 14.5 Å². The van der Waals surface area contributed by atoms with Crippen LogP contribution in [0.15, 0.2) is 48.5 Å². The summed E-state index contributed by atoms with van der Waals surface area (Å²) in [5, 5.41) is 2.55. The Bertz CT molecular complexity index is 1010. The van der Waals surface area contributed by atoms with E-state index >= 15 is 0 Å². The zero-order chi connectivity index (χ0) is 20.8. The lowest BCUT2D eigenvalue weighted by molar-refractivity contribution is -0.134. The molecule has 0 spiro atoms. The highest BCUT2D eigenvalue weighted by atomic mass is 19.1. The van der Waals surface area contributed by atoms with Gasteiger partial charge in [-0.1, -0.05) is 36.4 Å². The molecule has 6 nitrogen and oxygen atoms in total. The number of para-hydroxylation sites is 1. The first-order chi connectivity index (χ1) is 13.8. The summed E-state index contributed by atoms with van der Waals surface area (Å²) in [6.45, 7) is 3.01. The molecule has 7 heteroatoms. The van der Waals surface area contributed by atoms with Gasteiger partial charge in [0.25, 0.3) is 5.91 Å². The smallest absolute Gasteiger partial charge is 0.319 e. The molecule has 0 saturated carbocycles. The van der Waals surface area contributed by atoms with Crippen LogP contribution in [0.1, 0.15) is 31.4 Å². The van der Waals surface area contributed by atoms with Crippen LogP contribution in [-0.2, 0) is 21.5 Å². The van der Waals surface area contributed by atoms with Gasteiger partial charge in [0.05, 0.1) is 0 Å². The lowest BCUT2D eigenvalue weighted by Gasteiger charge is -2.36. The van der Waals surface area contributed by atoms with E-state index in [4.69, 9.17) is 0 Å². The highest BCUT2D eigenvalue weighted by Gasteiger charge is 2.51.